The molecule has 7 heteroatoms. The first-order valence-electron chi connectivity index (χ1n) is 11.5. The third kappa shape index (κ3) is 7.20. The number of guanidine groups is 1. The maximum absolute atomic E-state index is 4.84. The highest BCUT2D eigenvalue weighted by Crippen LogP contribution is 2.18. The van der Waals surface area contributed by atoms with Gasteiger partial charge in [0, 0.05) is 57.2 Å². The van der Waals surface area contributed by atoms with E-state index in [0.29, 0.717) is 12.6 Å². The first-order chi connectivity index (χ1) is 15.3. The summed E-state index contributed by atoms with van der Waals surface area (Å²) in [6, 6.07) is 15.4. The number of aromatic nitrogens is 1. The number of benzene rings is 1. The largest absolute Gasteiger partial charge is 0.364 e. The van der Waals surface area contributed by atoms with E-state index in [4.69, 9.17) is 4.99 Å². The number of hydrogen-bond acceptors (Lipinski definition) is 4. The van der Waals surface area contributed by atoms with E-state index in [1.807, 2.05) is 12.3 Å². The van der Waals surface area contributed by atoms with Crippen LogP contribution >= 0.6 is 24.0 Å². The molecule has 1 saturated heterocycles. The van der Waals surface area contributed by atoms with Gasteiger partial charge in [-0.2, -0.15) is 0 Å². The summed E-state index contributed by atoms with van der Waals surface area (Å²) in [5.41, 5.74) is 3.66. The van der Waals surface area contributed by atoms with Crippen LogP contribution in [0, 0.1) is 0 Å². The van der Waals surface area contributed by atoms with Crippen molar-refractivity contribution in [2.75, 3.05) is 37.6 Å². The molecule has 2 N–H and O–H groups in total. The molecule has 0 spiro atoms. The van der Waals surface area contributed by atoms with Gasteiger partial charge in [0.05, 0.1) is 12.2 Å². The number of piperidine rings is 1. The van der Waals surface area contributed by atoms with Crippen LogP contribution < -0.4 is 15.5 Å². The normalized spacial score (nSPS) is 17.3. The third-order valence-corrected chi connectivity index (χ3v) is 5.92. The van der Waals surface area contributed by atoms with Gasteiger partial charge >= 0.3 is 0 Å². The van der Waals surface area contributed by atoms with Gasteiger partial charge in [-0.05, 0) is 49.6 Å². The smallest absolute Gasteiger partial charge is 0.191 e. The van der Waals surface area contributed by atoms with Crippen LogP contribution in [0.25, 0.3) is 0 Å². The van der Waals surface area contributed by atoms with Gasteiger partial charge in [0.2, 0.25) is 0 Å². The molecule has 2 aromatic rings. The van der Waals surface area contributed by atoms with Crippen molar-refractivity contribution in [3.05, 3.63) is 72.1 Å². The van der Waals surface area contributed by atoms with Crippen molar-refractivity contribution in [1.82, 2.24) is 20.5 Å². The minimum absolute atomic E-state index is 0. The Hall–Kier alpha value is -2.13. The molecule has 0 atom stereocenters. The van der Waals surface area contributed by atoms with Crippen LogP contribution in [0.5, 0.6) is 0 Å². The van der Waals surface area contributed by atoms with E-state index in [2.05, 4.69) is 80.9 Å². The lowest BCUT2D eigenvalue weighted by Gasteiger charge is -2.32. The van der Waals surface area contributed by atoms with E-state index in [9.17, 15) is 0 Å². The Morgan fingerprint density at radius 2 is 1.81 bits per heavy atom. The standard InChI is InChI=1S/C25H34N6.HI/c1-2-26-25(28-19-21-8-10-24(11-9-21)31-15-5-6-16-31)29-22-12-17-30(18-13-22)20-23-7-3-4-14-27-23;/h3-11,14,22H,2,12-13,15-20H2,1H3,(H2,26,28,29);1H. The van der Waals surface area contributed by atoms with Crippen LogP contribution in [0.2, 0.25) is 0 Å². The Bertz CT molecular complexity index is 852. The van der Waals surface area contributed by atoms with Crippen molar-refractivity contribution < 1.29 is 0 Å². The van der Waals surface area contributed by atoms with Crippen molar-refractivity contribution in [2.24, 2.45) is 4.99 Å². The summed E-state index contributed by atoms with van der Waals surface area (Å²) in [6.45, 7) is 8.79. The van der Waals surface area contributed by atoms with Gasteiger partial charge in [0.1, 0.15) is 0 Å². The molecule has 0 bridgehead atoms. The maximum atomic E-state index is 4.84. The van der Waals surface area contributed by atoms with Gasteiger partial charge in [-0.25, -0.2) is 4.99 Å². The highest BCUT2D eigenvalue weighted by molar-refractivity contribution is 14.0. The van der Waals surface area contributed by atoms with Crippen molar-refractivity contribution >= 4 is 35.6 Å². The zero-order chi connectivity index (χ0) is 21.3. The fourth-order valence-corrected chi connectivity index (χ4v) is 4.14. The number of pyridine rings is 1. The summed E-state index contributed by atoms with van der Waals surface area (Å²) in [5.74, 6) is 0.915. The number of likely N-dealkylation sites (tertiary alicyclic amines) is 1. The van der Waals surface area contributed by atoms with Crippen molar-refractivity contribution in [3.8, 4) is 0 Å². The molecule has 0 saturated carbocycles. The molecule has 4 rings (SSSR count). The zero-order valence-electron chi connectivity index (χ0n) is 18.9. The number of hydrogen-bond donors (Lipinski definition) is 2. The third-order valence-electron chi connectivity index (χ3n) is 5.92. The van der Waals surface area contributed by atoms with Crippen LogP contribution in [0.1, 0.15) is 31.0 Å². The summed E-state index contributed by atoms with van der Waals surface area (Å²) >= 11 is 0. The van der Waals surface area contributed by atoms with Gasteiger partial charge in [0.25, 0.3) is 0 Å². The molecule has 0 amide bonds. The van der Waals surface area contributed by atoms with Gasteiger partial charge in [0.15, 0.2) is 5.96 Å². The van der Waals surface area contributed by atoms with Gasteiger partial charge in [-0.15, -0.1) is 24.0 Å². The molecule has 3 heterocycles. The lowest BCUT2D eigenvalue weighted by molar-refractivity contribution is 0.196. The monoisotopic (exact) mass is 546 g/mol. The van der Waals surface area contributed by atoms with Crippen molar-refractivity contribution in [3.63, 3.8) is 0 Å². The topological polar surface area (TPSA) is 55.8 Å². The van der Waals surface area contributed by atoms with E-state index in [0.717, 1.165) is 63.8 Å². The molecule has 0 radical (unpaired) electrons. The Labute approximate surface area is 209 Å². The predicted molar refractivity (Wildman–Crippen MR) is 144 cm³/mol. The fraction of sp³-hybridized carbons (Fsp3) is 0.440. The van der Waals surface area contributed by atoms with Crippen molar-refractivity contribution in [1.29, 1.82) is 0 Å². The Kier molecular flexibility index (Phi) is 9.80. The predicted octanol–water partition coefficient (Wildman–Crippen LogP) is 3.80. The lowest BCUT2D eigenvalue weighted by atomic mass is 10.0. The molecule has 6 nitrogen and oxygen atoms in total. The number of halogens is 1. The molecule has 32 heavy (non-hydrogen) atoms. The van der Waals surface area contributed by atoms with Crippen LogP contribution in [0.3, 0.4) is 0 Å². The number of nitrogens with zero attached hydrogens (tertiary/aromatic N) is 4. The van der Waals surface area contributed by atoms with E-state index in [1.54, 1.807) is 0 Å². The second-order valence-electron chi connectivity index (χ2n) is 8.25. The lowest BCUT2D eigenvalue weighted by Crippen LogP contribution is -2.48. The molecular weight excluding hydrogens is 511 g/mol. The van der Waals surface area contributed by atoms with Crippen LogP contribution in [-0.4, -0.2) is 54.6 Å². The molecule has 0 aliphatic carbocycles. The zero-order valence-corrected chi connectivity index (χ0v) is 21.2. The summed E-state index contributed by atoms with van der Waals surface area (Å²) in [4.78, 5) is 14.1. The summed E-state index contributed by atoms with van der Waals surface area (Å²) in [5, 5.41) is 7.05. The average molecular weight is 547 g/mol. The van der Waals surface area contributed by atoms with E-state index < -0.39 is 0 Å². The number of rotatable bonds is 7. The van der Waals surface area contributed by atoms with Crippen LogP contribution in [0.15, 0.2) is 65.8 Å². The van der Waals surface area contributed by atoms with Crippen LogP contribution in [0.4, 0.5) is 5.69 Å². The quantitative estimate of drug-likeness (QED) is 0.240. The summed E-state index contributed by atoms with van der Waals surface area (Å²) in [7, 11) is 0. The Morgan fingerprint density at radius 3 is 2.47 bits per heavy atom. The van der Waals surface area contributed by atoms with E-state index in [1.165, 1.54) is 11.3 Å². The fourth-order valence-electron chi connectivity index (χ4n) is 4.14. The SMILES string of the molecule is CCNC(=NCc1ccc(N2CC=CC2)cc1)NC1CCN(Cc2ccccn2)CC1.I. The average Bonchev–Trinajstić information content (AvgIpc) is 3.35. The number of nitrogens with one attached hydrogen (secondary N) is 2. The van der Waals surface area contributed by atoms with E-state index in [-0.39, 0.29) is 24.0 Å². The molecular formula is C25H35IN6. The van der Waals surface area contributed by atoms with Gasteiger partial charge in [-0.1, -0.05) is 30.4 Å². The van der Waals surface area contributed by atoms with Crippen LogP contribution in [-0.2, 0) is 13.1 Å². The Morgan fingerprint density at radius 1 is 1.06 bits per heavy atom. The van der Waals surface area contributed by atoms with E-state index >= 15 is 0 Å². The molecule has 1 fully saturated rings. The minimum atomic E-state index is 0. The summed E-state index contributed by atoms with van der Waals surface area (Å²) < 4.78 is 0. The number of anilines is 1. The second-order valence-corrected chi connectivity index (χ2v) is 8.25. The number of aliphatic imine (C=N–C) groups is 1. The van der Waals surface area contributed by atoms with Gasteiger partial charge < -0.3 is 15.5 Å². The molecule has 172 valence electrons. The molecule has 2 aliphatic rings. The molecule has 2 aliphatic heterocycles. The highest BCUT2D eigenvalue weighted by atomic mass is 127. The minimum Gasteiger partial charge on any atom is -0.364 e. The molecule has 1 aromatic heterocycles. The van der Waals surface area contributed by atoms with Gasteiger partial charge in [-0.3, -0.25) is 9.88 Å². The molecule has 0 unspecified atom stereocenters. The highest BCUT2D eigenvalue weighted by Gasteiger charge is 2.20. The van der Waals surface area contributed by atoms with Crippen molar-refractivity contribution in [2.45, 2.75) is 38.9 Å². The maximum Gasteiger partial charge on any atom is 0.191 e. The molecule has 1 aromatic carbocycles. The second kappa shape index (κ2) is 12.8. The summed E-state index contributed by atoms with van der Waals surface area (Å²) in [6.07, 6.45) is 8.55. The first kappa shape index (κ1) is 24.5. The Balaban J connectivity index is 0.00000289. The first-order valence-corrected chi connectivity index (χ1v) is 11.5.